The van der Waals surface area contributed by atoms with Crippen molar-refractivity contribution in [2.75, 3.05) is 5.32 Å². The van der Waals surface area contributed by atoms with E-state index in [9.17, 15) is 27.6 Å². The minimum Gasteiger partial charge on any atom is -0.480 e. The number of carbonyl (C=O) groups is 1. The van der Waals surface area contributed by atoms with Crippen molar-refractivity contribution in [3.63, 3.8) is 0 Å². The summed E-state index contributed by atoms with van der Waals surface area (Å²) in [6, 6.07) is 12.2. The number of H-pyrrole nitrogens is 1. The molecule has 0 amide bonds. The summed E-state index contributed by atoms with van der Waals surface area (Å²) in [6.45, 7) is -0.839. The number of nitrogens with two attached hydrogens (primary N) is 1. The van der Waals surface area contributed by atoms with Crippen LogP contribution in [0, 0.1) is 0 Å². The highest BCUT2D eigenvalue weighted by atomic mass is 19.4. The number of carboxylic acids is 1. The van der Waals surface area contributed by atoms with Gasteiger partial charge in [-0.25, -0.2) is 4.99 Å². The Balaban J connectivity index is 1.75. The Kier molecular flexibility index (Phi) is 6.38. The molecular weight excluding hydrogens is 481 g/mol. The van der Waals surface area contributed by atoms with Crippen LogP contribution in [0.4, 0.5) is 18.9 Å². The Morgan fingerprint density at radius 1 is 1.14 bits per heavy atom. The number of nitrogens with one attached hydrogen (secondary N) is 2. The summed E-state index contributed by atoms with van der Waals surface area (Å²) in [4.78, 5) is 41.6. The lowest BCUT2D eigenvalue weighted by Gasteiger charge is -2.16. The van der Waals surface area contributed by atoms with Gasteiger partial charge in [-0.15, -0.1) is 0 Å². The number of hydrogen-bond donors (Lipinski definition) is 4. The van der Waals surface area contributed by atoms with E-state index in [1.165, 1.54) is 17.0 Å². The molecule has 0 aliphatic rings. The topological polar surface area (TPSA) is 147 Å². The van der Waals surface area contributed by atoms with E-state index in [0.29, 0.717) is 21.9 Å². The van der Waals surface area contributed by atoms with Crippen LogP contribution in [0.5, 0.6) is 0 Å². The molecule has 0 unspecified atom stereocenters. The second-order valence-electron chi connectivity index (χ2n) is 7.74. The molecule has 2 heterocycles. The van der Waals surface area contributed by atoms with Crippen LogP contribution in [0.25, 0.3) is 16.7 Å². The van der Waals surface area contributed by atoms with Crippen molar-refractivity contribution in [3.8, 4) is 5.69 Å². The van der Waals surface area contributed by atoms with Gasteiger partial charge in [0, 0.05) is 18.1 Å². The minimum absolute atomic E-state index is 0.0602. The van der Waals surface area contributed by atoms with Crippen LogP contribution in [-0.4, -0.2) is 31.2 Å². The number of aromatic nitrogens is 3. The van der Waals surface area contributed by atoms with Gasteiger partial charge in [-0.05, 0) is 35.9 Å². The van der Waals surface area contributed by atoms with E-state index in [1.807, 2.05) is 18.2 Å². The first-order valence-corrected chi connectivity index (χ1v) is 10.4. The number of alkyl halides is 3. The van der Waals surface area contributed by atoms with Gasteiger partial charge in [0.25, 0.3) is 0 Å². The van der Waals surface area contributed by atoms with Crippen molar-refractivity contribution >= 4 is 28.6 Å². The molecule has 36 heavy (non-hydrogen) atoms. The van der Waals surface area contributed by atoms with Crippen LogP contribution in [-0.2, 0) is 24.1 Å². The van der Waals surface area contributed by atoms with Gasteiger partial charge in [-0.1, -0.05) is 18.2 Å². The van der Waals surface area contributed by atoms with E-state index in [-0.39, 0.29) is 29.2 Å². The third-order valence-electron chi connectivity index (χ3n) is 5.20. The number of anilines is 1. The molecule has 0 bridgehead atoms. The predicted molar refractivity (Wildman–Crippen MR) is 126 cm³/mol. The molecule has 0 saturated carbocycles. The van der Waals surface area contributed by atoms with E-state index in [2.05, 4.69) is 15.3 Å². The van der Waals surface area contributed by atoms with Crippen LogP contribution < -0.4 is 22.2 Å². The molecular formula is C23H19F3N6O4. The first kappa shape index (κ1) is 24.3. The Bertz CT molecular complexity index is 1590. The molecule has 4 rings (SSSR count). The van der Waals surface area contributed by atoms with Crippen molar-refractivity contribution in [3.05, 3.63) is 92.8 Å². The van der Waals surface area contributed by atoms with E-state index < -0.39 is 35.4 Å². The van der Waals surface area contributed by atoms with E-state index in [0.717, 1.165) is 6.07 Å². The maximum atomic E-state index is 13.9. The third-order valence-corrected chi connectivity index (χ3v) is 5.20. The smallest absolute Gasteiger partial charge is 0.418 e. The number of rotatable bonds is 6. The Morgan fingerprint density at radius 2 is 1.86 bits per heavy atom. The summed E-state index contributed by atoms with van der Waals surface area (Å²) < 4.78 is 43.5. The molecule has 10 nitrogen and oxygen atoms in total. The van der Waals surface area contributed by atoms with Crippen LogP contribution >= 0.6 is 0 Å². The number of fused-ring (bicyclic) bond motifs is 1. The van der Waals surface area contributed by atoms with Gasteiger partial charge in [0.15, 0.2) is 5.96 Å². The molecule has 13 heteroatoms. The van der Waals surface area contributed by atoms with Crippen molar-refractivity contribution in [1.29, 1.82) is 0 Å². The highest BCUT2D eigenvalue weighted by Crippen LogP contribution is 2.36. The number of benzene rings is 2. The van der Waals surface area contributed by atoms with Crippen molar-refractivity contribution < 1.29 is 23.1 Å². The Morgan fingerprint density at radius 3 is 2.53 bits per heavy atom. The summed E-state index contributed by atoms with van der Waals surface area (Å²) in [5, 5.41) is 12.0. The number of para-hydroxylation sites is 1. The molecule has 0 aliphatic heterocycles. The third kappa shape index (κ3) is 5.14. The number of hydrogen-bond acceptors (Lipinski definition) is 4. The molecule has 0 atom stereocenters. The van der Waals surface area contributed by atoms with Gasteiger partial charge >= 0.3 is 23.3 Å². The van der Waals surface area contributed by atoms with Gasteiger partial charge in [0.2, 0.25) is 0 Å². The quantitative estimate of drug-likeness (QED) is 0.182. The van der Waals surface area contributed by atoms with Gasteiger partial charge < -0.3 is 25.7 Å². The monoisotopic (exact) mass is 500 g/mol. The normalized spacial score (nSPS) is 12.1. The molecule has 4 aromatic rings. The van der Waals surface area contributed by atoms with E-state index in [1.54, 1.807) is 18.2 Å². The molecule has 0 fully saturated rings. The molecule has 2 aromatic carbocycles. The van der Waals surface area contributed by atoms with Gasteiger partial charge in [0.1, 0.15) is 6.54 Å². The maximum absolute atomic E-state index is 13.9. The standard InChI is InChI=1S/C23H19F3N6O4/c24-23(25,26)15-8-16-18(32(12-19(33)34)21(36)20(35)30-16)9-17(15)31-7-6-13(11-31)10-28-22(27)29-14-4-2-1-3-5-14/h1-9,11H,10,12H2,(H,30,35)(H,33,34)(H3,27,28,29). The fourth-order valence-corrected chi connectivity index (χ4v) is 3.61. The second kappa shape index (κ2) is 9.44. The summed E-state index contributed by atoms with van der Waals surface area (Å²) in [6.07, 6.45) is -2.05. The highest BCUT2D eigenvalue weighted by molar-refractivity contribution is 5.92. The second-order valence-corrected chi connectivity index (χ2v) is 7.74. The van der Waals surface area contributed by atoms with Crippen molar-refractivity contribution in [1.82, 2.24) is 14.1 Å². The van der Waals surface area contributed by atoms with Crippen molar-refractivity contribution in [2.24, 2.45) is 10.7 Å². The summed E-state index contributed by atoms with van der Waals surface area (Å²) in [5.74, 6) is -1.33. The zero-order valence-corrected chi connectivity index (χ0v) is 18.4. The van der Waals surface area contributed by atoms with Crippen LogP contribution in [0.15, 0.2) is 75.5 Å². The molecule has 0 aliphatic carbocycles. The minimum atomic E-state index is -4.82. The lowest BCUT2D eigenvalue weighted by molar-refractivity contribution is -0.138. The molecule has 5 N–H and O–H groups in total. The summed E-state index contributed by atoms with van der Waals surface area (Å²) in [5.41, 5.74) is 2.73. The number of carboxylic acid groups (broad SMARTS) is 1. The average molecular weight is 500 g/mol. The van der Waals surface area contributed by atoms with E-state index in [4.69, 9.17) is 10.8 Å². The summed E-state index contributed by atoms with van der Waals surface area (Å²) >= 11 is 0. The zero-order valence-electron chi connectivity index (χ0n) is 18.4. The van der Waals surface area contributed by atoms with Gasteiger partial charge in [-0.3, -0.25) is 19.0 Å². The summed E-state index contributed by atoms with van der Waals surface area (Å²) in [7, 11) is 0. The fraction of sp³-hybridized carbons (Fsp3) is 0.130. The first-order valence-electron chi connectivity index (χ1n) is 10.4. The first-order chi connectivity index (χ1) is 17.0. The SMILES string of the molecule is NC(=NCc1ccn(-c2cc3c(cc2C(F)(F)F)[nH]c(=O)c(=O)n3CC(=O)O)c1)Nc1ccccc1. The Hall–Kier alpha value is -4.81. The number of aromatic amines is 1. The van der Waals surface area contributed by atoms with Crippen molar-refractivity contribution in [2.45, 2.75) is 19.3 Å². The van der Waals surface area contributed by atoms with Crippen LogP contribution in [0.3, 0.4) is 0 Å². The molecule has 186 valence electrons. The lowest BCUT2D eigenvalue weighted by atomic mass is 10.1. The number of aliphatic imine (C=N–C) groups is 1. The maximum Gasteiger partial charge on any atom is 0.418 e. The molecule has 0 radical (unpaired) electrons. The number of nitrogens with zero attached hydrogens (tertiary/aromatic N) is 3. The zero-order chi connectivity index (χ0) is 26.0. The lowest BCUT2D eigenvalue weighted by Crippen LogP contribution is -2.38. The molecule has 2 aromatic heterocycles. The number of guanidine groups is 1. The molecule has 0 spiro atoms. The van der Waals surface area contributed by atoms with Gasteiger partial charge in [0.05, 0.1) is 28.8 Å². The number of aliphatic carboxylic acids is 1. The van der Waals surface area contributed by atoms with Crippen LogP contribution in [0.1, 0.15) is 11.1 Å². The number of halogens is 3. The van der Waals surface area contributed by atoms with E-state index >= 15 is 0 Å². The fourth-order valence-electron chi connectivity index (χ4n) is 3.61. The Labute approximate surface area is 200 Å². The highest BCUT2D eigenvalue weighted by Gasteiger charge is 2.35. The average Bonchev–Trinajstić information content (AvgIpc) is 3.29. The van der Waals surface area contributed by atoms with Crippen LogP contribution in [0.2, 0.25) is 0 Å². The molecule has 0 saturated heterocycles. The predicted octanol–water partition coefficient (Wildman–Crippen LogP) is 2.51. The van der Waals surface area contributed by atoms with Gasteiger partial charge in [-0.2, -0.15) is 13.2 Å². The largest absolute Gasteiger partial charge is 0.480 e.